The van der Waals surface area contributed by atoms with Crippen LogP contribution in [0.15, 0.2) is 66.5 Å². The van der Waals surface area contributed by atoms with Crippen LogP contribution < -0.4 is 10.2 Å². The molecule has 0 saturated heterocycles. The quantitative estimate of drug-likeness (QED) is 0.128. The summed E-state index contributed by atoms with van der Waals surface area (Å²) in [7, 11) is 0. The number of carbonyl (C=O) groups excluding carboxylic acids is 2. The smallest absolute Gasteiger partial charge is 0.344 e. The summed E-state index contributed by atoms with van der Waals surface area (Å²) in [5.74, 6) is -0.566. The maximum Gasteiger partial charge on any atom is 0.344 e. The van der Waals surface area contributed by atoms with Crippen molar-refractivity contribution in [3.63, 3.8) is 0 Å². The maximum absolute atomic E-state index is 13.0. The molecule has 0 spiro atoms. The largest absolute Gasteiger partial charge is 0.480 e. The van der Waals surface area contributed by atoms with Gasteiger partial charge in [-0.15, -0.1) is 17.9 Å². The van der Waals surface area contributed by atoms with E-state index in [0.29, 0.717) is 27.8 Å². The lowest BCUT2D eigenvalue weighted by molar-refractivity contribution is -0.148. The van der Waals surface area contributed by atoms with Crippen LogP contribution in [-0.2, 0) is 19.1 Å². The van der Waals surface area contributed by atoms with Crippen molar-refractivity contribution in [3.05, 3.63) is 77.5 Å². The highest BCUT2D eigenvalue weighted by Gasteiger charge is 2.17. The van der Waals surface area contributed by atoms with E-state index in [1.807, 2.05) is 31.2 Å². The summed E-state index contributed by atoms with van der Waals surface area (Å²) in [4.78, 5) is 37.0. The van der Waals surface area contributed by atoms with Crippen molar-refractivity contribution in [2.75, 3.05) is 26.4 Å². The number of allylic oxidation sites excluding steroid dienone is 1. The van der Waals surface area contributed by atoms with Gasteiger partial charge in [0.25, 0.3) is 0 Å². The molecule has 6 nitrogen and oxygen atoms in total. The standard InChI is InChI=1S/C26H26O6S/c1-4-12-30-14-18(13-19(27)5-2)15-32-23(28)16-31-21-11-10-17(3)24-25(29)20-8-6-7-9-22(20)33-26(21)24/h4-11,18H,1-2,12-16H2,3H3. The molecule has 0 amide bonds. The lowest BCUT2D eigenvalue weighted by Crippen LogP contribution is -2.24. The number of ketones is 1. The third-order valence-corrected chi connectivity index (χ3v) is 6.22. The zero-order valence-corrected chi connectivity index (χ0v) is 19.3. The molecule has 172 valence electrons. The Morgan fingerprint density at radius 2 is 1.91 bits per heavy atom. The van der Waals surface area contributed by atoms with Crippen LogP contribution in [0.25, 0.3) is 20.2 Å². The van der Waals surface area contributed by atoms with E-state index < -0.39 is 5.97 Å². The van der Waals surface area contributed by atoms with Gasteiger partial charge in [-0.05, 0) is 36.8 Å². The molecule has 1 aromatic heterocycles. The Hall–Kier alpha value is -3.29. The van der Waals surface area contributed by atoms with Gasteiger partial charge in [0.1, 0.15) is 5.75 Å². The molecule has 2 aromatic carbocycles. The van der Waals surface area contributed by atoms with E-state index in [4.69, 9.17) is 14.2 Å². The Morgan fingerprint density at radius 1 is 1.12 bits per heavy atom. The van der Waals surface area contributed by atoms with Crippen molar-refractivity contribution in [1.29, 1.82) is 0 Å². The van der Waals surface area contributed by atoms with Crippen LogP contribution in [-0.4, -0.2) is 38.2 Å². The molecule has 0 N–H and O–H groups in total. The van der Waals surface area contributed by atoms with E-state index in [9.17, 15) is 14.4 Å². The van der Waals surface area contributed by atoms with Crippen LogP contribution in [0.4, 0.5) is 0 Å². The Balaban J connectivity index is 1.70. The van der Waals surface area contributed by atoms with Gasteiger partial charge in [-0.3, -0.25) is 9.59 Å². The van der Waals surface area contributed by atoms with E-state index in [1.54, 1.807) is 18.2 Å². The number of rotatable bonds is 12. The molecular formula is C26H26O6S. The molecule has 0 saturated carbocycles. The fourth-order valence-electron chi connectivity index (χ4n) is 3.39. The van der Waals surface area contributed by atoms with Gasteiger partial charge in [-0.1, -0.05) is 30.9 Å². The summed E-state index contributed by atoms with van der Waals surface area (Å²) in [6, 6.07) is 11.0. The van der Waals surface area contributed by atoms with Crippen molar-refractivity contribution in [2.45, 2.75) is 13.3 Å². The van der Waals surface area contributed by atoms with E-state index in [1.165, 1.54) is 17.4 Å². The lowest BCUT2D eigenvalue weighted by Gasteiger charge is -2.16. The van der Waals surface area contributed by atoms with Crippen molar-refractivity contribution in [1.82, 2.24) is 0 Å². The van der Waals surface area contributed by atoms with Crippen LogP contribution >= 0.6 is 11.3 Å². The molecule has 0 fully saturated rings. The molecule has 0 bridgehead atoms. The third kappa shape index (κ3) is 6.15. The van der Waals surface area contributed by atoms with Gasteiger partial charge in [-0.25, -0.2) is 4.79 Å². The van der Waals surface area contributed by atoms with Crippen LogP contribution in [0.5, 0.6) is 5.75 Å². The fourth-order valence-corrected chi connectivity index (χ4v) is 4.61. The average Bonchev–Trinajstić information content (AvgIpc) is 2.82. The van der Waals surface area contributed by atoms with Crippen LogP contribution in [0.1, 0.15) is 12.0 Å². The van der Waals surface area contributed by atoms with Gasteiger partial charge in [0.2, 0.25) is 0 Å². The van der Waals surface area contributed by atoms with E-state index in [2.05, 4.69) is 13.2 Å². The van der Waals surface area contributed by atoms with Gasteiger partial charge in [0.15, 0.2) is 17.8 Å². The predicted octanol–water partition coefficient (Wildman–Crippen LogP) is 4.61. The first-order chi connectivity index (χ1) is 15.9. The Labute approximate surface area is 196 Å². The number of fused-ring (bicyclic) bond motifs is 2. The molecule has 3 rings (SSSR count). The minimum Gasteiger partial charge on any atom is -0.480 e. The van der Waals surface area contributed by atoms with Crippen LogP contribution in [0, 0.1) is 12.8 Å². The van der Waals surface area contributed by atoms with Crippen molar-refractivity contribution in [3.8, 4) is 5.75 Å². The summed E-state index contributed by atoms with van der Waals surface area (Å²) in [6.45, 7) is 9.22. The zero-order valence-electron chi connectivity index (χ0n) is 18.5. The number of ether oxygens (including phenoxy) is 3. The monoisotopic (exact) mass is 466 g/mol. The van der Waals surface area contributed by atoms with Crippen LogP contribution in [0.2, 0.25) is 0 Å². The predicted molar refractivity (Wildman–Crippen MR) is 131 cm³/mol. The van der Waals surface area contributed by atoms with Crippen molar-refractivity contribution >= 4 is 43.3 Å². The molecule has 1 heterocycles. The summed E-state index contributed by atoms with van der Waals surface area (Å²) in [6.07, 6.45) is 3.01. The third-order valence-electron chi connectivity index (χ3n) is 5.03. The first-order valence-electron chi connectivity index (χ1n) is 10.5. The van der Waals surface area contributed by atoms with Gasteiger partial charge in [-0.2, -0.15) is 0 Å². The summed E-state index contributed by atoms with van der Waals surface area (Å²) >= 11 is 1.45. The topological polar surface area (TPSA) is 78.9 Å². The summed E-state index contributed by atoms with van der Waals surface area (Å²) in [5, 5.41) is 1.25. The first kappa shape index (κ1) is 24.4. The van der Waals surface area contributed by atoms with Crippen molar-refractivity contribution < 1.29 is 23.8 Å². The van der Waals surface area contributed by atoms with Crippen LogP contribution in [0.3, 0.4) is 0 Å². The second-order valence-corrected chi connectivity index (χ2v) is 8.60. The SMILES string of the molecule is C=CCOCC(COC(=O)COc1ccc(C)c2c(=O)c3ccccc3sc12)CC(=O)C=C. The summed E-state index contributed by atoms with van der Waals surface area (Å²) in [5.41, 5.74) is 0.792. The minimum atomic E-state index is -0.573. The molecule has 7 heteroatoms. The normalized spacial score (nSPS) is 11.8. The molecule has 33 heavy (non-hydrogen) atoms. The van der Waals surface area contributed by atoms with E-state index >= 15 is 0 Å². The molecule has 0 aliphatic rings. The Bertz CT molecular complexity index is 1240. The fraction of sp³-hybridized carbons (Fsp3) is 0.269. The minimum absolute atomic E-state index is 0.0194. The van der Waals surface area contributed by atoms with Gasteiger partial charge in [0.05, 0.1) is 24.5 Å². The molecule has 3 aromatic rings. The number of benzene rings is 2. The molecular weight excluding hydrogens is 440 g/mol. The Kier molecular flexibility index (Phi) is 8.52. The number of carbonyl (C=O) groups is 2. The zero-order chi connectivity index (χ0) is 23.8. The molecule has 1 atom stereocenters. The lowest BCUT2D eigenvalue weighted by atomic mass is 10.0. The second kappa shape index (κ2) is 11.5. The first-order valence-corrected chi connectivity index (χ1v) is 11.3. The number of esters is 1. The highest BCUT2D eigenvalue weighted by Crippen LogP contribution is 2.33. The van der Waals surface area contributed by atoms with E-state index in [0.717, 1.165) is 10.3 Å². The highest BCUT2D eigenvalue weighted by molar-refractivity contribution is 7.24. The van der Waals surface area contributed by atoms with Gasteiger partial charge >= 0.3 is 5.97 Å². The highest BCUT2D eigenvalue weighted by atomic mass is 32.1. The van der Waals surface area contributed by atoms with Gasteiger partial charge < -0.3 is 14.2 Å². The maximum atomic E-state index is 13.0. The molecule has 0 radical (unpaired) electrons. The molecule has 0 aliphatic heterocycles. The average molecular weight is 467 g/mol. The number of hydrogen-bond donors (Lipinski definition) is 0. The van der Waals surface area contributed by atoms with Crippen molar-refractivity contribution in [2.24, 2.45) is 5.92 Å². The second-order valence-electron chi connectivity index (χ2n) is 7.55. The van der Waals surface area contributed by atoms with E-state index in [-0.39, 0.29) is 43.4 Å². The number of aryl methyl sites for hydroxylation is 1. The molecule has 0 aliphatic carbocycles. The summed E-state index contributed by atoms with van der Waals surface area (Å²) < 4.78 is 18.0. The van der Waals surface area contributed by atoms with Gasteiger partial charge in [0, 0.05) is 27.8 Å². The number of hydrogen-bond acceptors (Lipinski definition) is 7. The molecule has 1 unspecified atom stereocenters. The Morgan fingerprint density at radius 3 is 2.67 bits per heavy atom.